The van der Waals surface area contributed by atoms with E-state index in [0.717, 1.165) is 6.54 Å². The van der Waals surface area contributed by atoms with Crippen molar-refractivity contribution in [1.82, 2.24) is 5.32 Å². The summed E-state index contributed by atoms with van der Waals surface area (Å²) in [6.07, 6.45) is 0. The number of hydrogen-bond acceptors (Lipinski definition) is 2. The summed E-state index contributed by atoms with van der Waals surface area (Å²) in [7, 11) is 0. The van der Waals surface area contributed by atoms with Crippen LogP contribution in [0.2, 0.25) is 0 Å². The van der Waals surface area contributed by atoms with E-state index in [0.29, 0.717) is 17.5 Å². The summed E-state index contributed by atoms with van der Waals surface area (Å²) < 4.78 is 0. The van der Waals surface area contributed by atoms with Gasteiger partial charge in [-0.3, -0.25) is 0 Å². The Labute approximate surface area is 121 Å². The highest BCUT2D eigenvalue weighted by Gasteiger charge is 2.14. The van der Waals surface area contributed by atoms with Crippen molar-refractivity contribution in [2.24, 2.45) is 5.92 Å². The van der Waals surface area contributed by atoms with Crippen molar-refractivity contribution in [3.05, 3.63) is 71.3 Å². The van der Waals surface area contributed by atoms with Gasteiger partial charge in [0.25, 0.3) is 0 Å². The first kappa shape index (κ1) is 14.3. The molecule has 0 radical (unpaired) electrons. The van der Waals surface area contributed by atoms with Crippen LogP contribution >= 0.6 is 0 Å². The maximum Gasteiger partial charge on any atom is 0.0991 e. The molecule has 0 bridgehead atoms. The summed E-state index contributed by atoms with van der Waals surface area (Å²) in [4.78, 5) is 0. The predicted octanol–water partition coefficient (Wildman–Crippen LogP) is 4.05. The van der Waals surface area contributed by atoms with Crippen LogP contribution < -0.4 is 5.32 Å². The van der Waals surface area contributed by atoms with Crippen molar-refractivity contribution in [2.75, 3.05) is 0 Å². The second kappa shape index (κ2) is 6.88. The van der Waals surface area contributed by atoms with E-state index in [1.54, 1.807) is 0 Å². The molecular formula is C18H20N2. The van der Waals surface area contributed by atoms with Crippen LogP contribution in [0.4, 0.5) is 0 Å². The van der Waals surface area contributed by atoms with Gasteiger partial charge in [-0.05, 0) is 29.2 Å². The summed E-state index contributed by atoms with van der Waals surface area (Å²) in [5, 5.41) is 12.4. The zero-order chi connectivity index (χ0) is 14.4. The summed E-state index contributed by atoms with van der Waals surface area (Å²) >= 11 is 0. The fourth-order valence-electron chi connectivity index (χ4n) is 2.32. The number of nitrogens with one attached hydrogen (secondary N) is 1. The SMILES string of the molecule is CC(C)C(NCc1ccc(C#N)cc1)c1ccccc1. The third kappa shape index (κ3) is 3.69. The van der Waals surface area contributed by atoms with Crippen LogP contribution in [0.1, 0.15) is 36.6 Å². The van der Waals surface area contributed by atoms with Gasteiger partial charge in [0.1, 0.15) is 0 Å². The van der Waals surface area contributed by atoms with Gasteiger partial charge >= 0.3 is 0 Å². The van der Waals surface area contributed by atoms with Crippen molar-refractivity contribution < 1.29 is 0 Å². The third-order valence-electron chi connectivity index (χ3n) is 3.43. The Bertz CT molecular complexity index is 565. The average Bonchev–Trinajstić information content (AvgIpc) is 2.49. The van der Waals surface area contributed by atoms with Gasteiger partial charge in [0, 0.05) is 12.6 Å². The fourth-order valence-corrected chi connectivity index (χ4v) is 2.32. The third-order valence-corrected chi connectivity index (χ3v) is 3.43. The highest BCUT2D eigenvalue weighted by atomic mass is 14.9. The van der Waals surface area contributed by atoms with Crippen LogP contribution in [-0.2, 0) is 6.54 Å². The van der Waals surface area contributed by atoms with E-state index in [1.807, 2.05) is 30.3 Å². The zero-order valence-electron chi connectivity index (χ0n) is 12.0. The molecule has 102 valence electrons. The molecular weight excluding hydrogens is 244 g/mol. The first-order valence-corrected chi connectivity index (χ1v) is 6.98. The molecule has 2 aromatic carbocycles. The molecule has 1 N–H and O–H groups in total. The lowest BCUT2D eigenvalue weighted by Gasteiger charge is -2.23. The molecule has 0 aliphatic heterocycles. The van der Waals surface area contributed by atoms with Gasteiger partial charge in [-0.1, -0.05) is 56.3 Å². The Morgan fingerprint density at radius 3 is 2.20 bits per heavy atom. The normalized spacial score (nSPS) is 12.1. The highest BCUT2D eigenvalue weighted by molar-refractivity contribution is 5.31. The molecule has 0 saturated carbocycles. The van der Waals surface area contributed by atoms with Crippen molar-refractivity contribution in [3.63, 3.8) is 0 Å². The molecule has 1 unspecified atom stereocenters. The monoisotopic (exact) mass is 264 g/mol. The molecule has 0 amide bonds. The minimum absolute atomic E-state index is 0.340. The van der Waals surface area contributed by atoms with Crippen molar-refractivity contribution in [3.8, 4) is 6.07 Å². The smallest absolute Gasteiger partial charge is 0.0991 e. The fraction of sp³-hybridized carbons (Fsp3) is 0.278. The predicted molar refractivity (Wildman–Crippen MR) is 82.0 cm³/mol. The van der Waals surface area contributed by atoms with Crippen LogP contribution in [0, 0.1) is 17.2 Å². The molecule has 0 aliphatic carbocycles. The van der Waals surface area contributed by atoms with Crippen molar-refractivity contribution in [1.29, 1.82) is 5.26 Å². The maximum atomic E-state index is 8.80. The van der Waals surface area contributed by atoms with Gasteiger partial charge in [-0.15, -0.1) is 0 Å². The van der Waals surface area contributed by atoms with Gasteiger partial charge < -0.3 is 5.32 Å². The van der Waals surface area contributed by atoms with E-state index in [4.69, 9.17) is 5.26 Å². The second-order valence-electron chi connectivity index (χ2n) is 5.32. The first-order chi connectivity index (χ1) is 9.70. The Morgan fingerprint density at radius 1 is 1.00 bits per heavy atom. The number of nitriles is 1. The number of hydrogen-bond donors (Lipinski definition) is 1. The highest BCUT2D eigenvalue weighted by Crippen LogP contribution is 2.21. The molecule has 2 rings (SSSR count). The number of rotatable bonds is 5. The zero-order valence-corrected chi connectivity index (χ0v) is 12.0. The van der Waals surface area contributed by atoms with Gasteiger partial charge in [-0.2, -0.15) is 5.26 Å². The first-order valence-electron chi connectivity index (χ1n) is 6.98. The molecule has 0 aliphatic rings. The van der Waals surface area contributed by atoms with Gasteiger partial charge in [0.05, 0.1) is 11.6 Å². The summed E-state index contributed by atoms with van der Waals surface area (Å²) in [6.45, 7) is 5.26. The Morgan fingerprint density at radius 2 is 1.65 bits per heavy atom. The van der Waals surface area contributed by atoms with E-state index in [1.165, 1.54) is 11.1 Å². The number of benzene rings is 2. The second-order valence-corrected chi connectivity index (χ2v) is 5.32. The van der Waals surface area contributed by atoms with Crippen LogP contribution in [0.15, 0.2) is 54.6 Å². The van der Waals surface area contributed by atoms with Crippen LogP contribution in [0.25, 0.3) is 0 Å². The summed E-state index contributed by atoms with van der Waals surface area (Å²) in [6, 6.07) is 20.8. The Balaban J connectivity index is 2.04. The lowest BCUT2D eigenvalue weighted by atomic mass is 9.96. The molecule has 1 atom stereocenters. The van der Waals surface area contributed by atoms with Crippen LogP contribution in [0.3, 0.4) is 0 Å². The average molecular weight is 264 g/mol. The molecule has 0 fully saturated rings. The largest absolute Gasteiger partial charge is 0.306 e. The topological polar surface area (TPSA) is 35.8 Å². The summed E-state index contributed by atoms with van der Waals surface area (Å²) in [5.41, 5.74) is 3.22. The molecule has 20 heavy (non-hydrogen) atoms. The maximum absolute atomic E-state index is 8.80. The van der Waals surface area contributed by atoms with E-state index in [-0.39, 0.29) is 0 Å². The quantitative estimate of drug-likeness (QED) is 0.884. The molecule has 2 heteroatoms. The van der Waals surface area contributed by atoms with Crippen LogP contribution in [0.5, 0.6) is 0 Å². The Kier molecular flexibility index (Phi) is 4.92. The molecule has 2 aromatic rings. The molecule has 0 spiro atoms. The number of nitrogens with zero attached hydrogens (tertiary/aromatic N) is 1. The molecule has 0 heterocycles. The minimum atomic E-state index is 0.340. The standard InChI is InChI=1S/C18H20N2/c1-14(2)18(17-6-4-3-5-7-17)20-13-16-10-8-15(12-19)9-11-16/h3-11,14,18,20H,13H2,1-2H3. The Hall–Kier alpha value is -2.11. The van der Waals surface area contributed by atoms with Gasteiger partial charge in [0.15, 0.2) is 0 Å². The van der Waals surface area contributed by atoms with Gasteiger partial charge in [0.2, 0.25) is 0 Å². The minimum Gasteiger partial charge on any atom is -0.306 e. The lowest BCUT2D eigenvalue weighted by molar-refractivity contribution is 0.410. The lowest BCUT2D eigenvalue weighted by Crippen LogP contribution is -2.25. The van der Waals surface area contributed by atoms with E-state index in [9.17, 15) is 0 Å². The van der Waals surface area contributed by atoms with Crippen molar-refractivity contribution in [2.45, 2.75) is 26.4 Å². The van der Waals surface area contributed by atoms with Crippen molar-refractivity contribution >= 4 is 0 Å². The van der Waals surface area contributed by atoms with Crippen LogP contribution in [-0.4, -0.2) is 0 Å². The van der Waals surface area contributed by atoms with E-state index < -0.39 is 0 Å². The van der Waals surface area contributed by atoms with E-state index in [2.05, 4.69) is 49.5 Å². The molecule has 2 nitrogen and oxygen atoms in total. The summed E-state index contributed by atoms with van der Waals surface area (Å²) in [5.74, 6) is 0.524. The molecule has 0 saturated heterocycles. The van der Waals surface area contributed by atoms with Gasteiger partial charge in [-0.25, -0.2) is 0 Å². The molecule has 0 aromatic heterocycles. The van der Waals surface area contributed by atoms with E-state index >= 15 is 0 Å².